The van der Waals surface area contributed by atoms with Gasteiger partial charge in [-0.15, -0.1) is 0 Å². The molecule has 0 spiro atoms. The van der Waals surface area contributed by atoms with Gasteiger partial charge < -0.3 is 28.7 Å². The van der Waals surface area contributed by atoms with Gasteiger partial charge >= 0.3 is 0 Å². The lowest BCUT2D eigenvalue weighted by atomic mass is 9.96. The van der Waals surface area contributed by atoms with Crippen molar-refractivity contribution < 1.29 is 0 Å². The van der Waals surface area contributed by atoms with E-state index in [4.69, 9.17) is 28.7 Å². The Bertz CT molecular complexity index is 662. The molecule has 1 saturated carbocycles. The Labute approximate surface area is 220 Å². The minimum Gasteiger partial charge on any atom is -0.370 e. The Balaban J connectivity index is 0.000000723. The monoisotopic (exact) mass is 508 g/mol. The third kappa shape index (κ3) is 18.8. The molecule has 0 heterocycles. The highest BCUT2D eigenvalue weighted by molar-refractivity contribution is 5.97. The van der Waals surface area contributed by atoms with Crippen molar-refractivity contribution in [1.82, 2.24) is 5.32 Å². The van der Waals surface area contributed by atoms with E-state index in [0.717, 1.165) is 32.2 Å². The molecule has 11 N–H and O–H groups in total. The van der Waals surface area contributed by atoms with Gasteiger partial charge in [-0.05, 0) is 37.5 Å². The highest BCUT2D eigenvalue weighted by atomic mass is 15.2. The molecular weight excluding hydrogens is 452 g/mol. The predicted octanol–water partition coefficient (Wildman–Crippen LogP) is 3.55. The molecule has 2 unspecified atom stereocenters. The predicted molar refractivity (Wildman–Crippen MR) is 157 cm³/mol. The summed E-state index contributed by atoms with van der Waals surface area (Å²) in [4.78, 5) is 16.7. The lowest BCUT2D eigenvalue weighted by molar-refractivity contribution is 0.442. The maximum absolute atomic E-state index is 5.90. The van der Waals surface area contributed by atoms with Gasteiger partial charge in [-0.25, -0.2) is 4.99 Å². The standard InChI is InChI=1S/C16H33N5.C10H23N5/c1-3-5-9-13(4-2)12-19-15(17)21-16(18)20-14-10-7-6-8-11-14;1-3-5-6-8(4-2)7-14-10(13)15-9(11)12/h13-14H,3-12H2,1-2H3,(H5,17,18,19,20,21);8H,3-7H2,1-2H3,(H6,11,12,13,14,15). The van der Waals surface area contributed by atoms with Crippen LogP contribution in [0.2, 0.25) is 0 Å². The van der Waals surface area contributed by atoms with Crippen molar-refractivity contribution in [2.24, 2.45) is 60.5 Å². The molecule has 10 heteroatoms. The van der Waals surface area contributed by atoms with E-state index in [1.807, 2.05) is 0 Å². The highest BCUT2D eigenvalue weighted by Gasteiger charge is 2.12. The number of nitrogens with two attached hydrogens (primary N) is 5. The van der Waals surface area contributed by atoms with Crippen molar-refractivity contribution in [1.29, 1.82) is 0 Å². The number of hydrogen-bond acceptors (Lipinski definition) is 3. The van der Waals surface area contributed by atoms with E-state index in [1.54, 1.807) is 0 Å². The van der Waals surface area contributed by atoms with E-state index in [0.29, 0.717) is 36.3 Å². The fourth-order valence-corrected chi connectivity index (χ4v) is 4.06. The van der Waals surface area contributed by atoms with Crippen LogP contribution in [0, 0.1) is 11.8 Å². The van der Waals surface area contributed by atoms with E-state index in [-0.39, 0.29) is 11.9 Å². The summed E-state index contributed by atoms with van der Waals surface area (Å²) in [6.45, 7) is 10.2. The second-order valence-electron chi connectivity index (χ2n) is 9.73. The first-order chi connectivity index (χ1) is 17.2. The van der Waals surface area contributed by atoms with E-state index in [1.165, 1.54) is 57.8 Å². The minimum atomic E-state index is -0.0437. The van der Waals surface area contributed by atoms with Crippen molar-refractivity contribution in [2.45, 2.75) is 117 Å². The third-order valence-corrected chi connectivity index (χ3v) is 6.51. The summed E-state index contributed by atoms with van der Waals surface area (Å²) in [6, 6.07) is 0.354. The van der Waals surface area contributed by atoms with Gasteiger partial charge in [-0.2, -0.15) is 4.99 Å². The molecule has 2 atom stereocenters. The van der Waals surface area contributed by atoms with Crippen molar-refractivity contribution in [2.75, 3.05) is 13.1 Å². The molecule has 1 aliphatic carbocycles. The molecule has 0 aromatic rings. The maximum Gasteiger partial charge on any atom is 0.218 e. The summed E-state index contributed by atoms with van der Waals surface area (Å²) in [7, 11) is 0. The average molecular weight is 509 g/mol. The summed E-state index contributed by atoms with van der Waals surface area (Å²) < 4.78 is 0. The Morgan fingerprint density at radius 3 is 1.75 bits per heavy atom. The largest absolute Gasteiger partial charge is 0.370 e. The van der Waals surface area contributed by atoms with E-state index in [9.17, 15) is 0 Å². The molecule has 1 aliphatic rings. The van der Waals surface area contributed by atoms with Gasteiger partial charge in [-0.1, -0.05) is 85.5 Å². The molecule has 0 aromatic carbocycles. The van der Waals surface area contributed by atoms with Gasteiger partial charge in [0.25, 0.3) is 0 Å². The van der Waals surface area contributed by atoms with Gasteiger partial charge in [0.2, 0.25) is 5.96 Å². The Morgan fingerprint density at radius 2 is 1.28 bits per heavy atom. The normalized spacial score (nSPS) is 17.1. The first-order valence-electron chi connectivity index (χ1n) is 14.0. The number of rotatable bonds is 13. The second-order valence-corrected chi connectivity index (χ2v) is 9.73. The maximum atomic E-state index is 5.90. The zero-order chi connectivity index (χ0) is 27.2. The average Bonchev–Trinajstić information content (AvgIpc) is 2.84. The quantitative estimate of drug-likeness (QED) is 0.163. The molecule has 0 aliphatic heterocycles. The lowest BCUT2D eigenvalue weighted by Gasteiger charge is -2.18. The Hall–Kier alpha value is -2.52. The smallest absolute Gasteiger partial charge is 0.218 e. The van der Waals surface area contributed by atoms with Gasteiger partial charge in [0.1, 0.15) is 0 Å². The molecule has 0 aromatic heterocycles. The van der Waals surface area contributed by atoms with Crippen molar-refractivity contribution in [3.05, 3.63) is 0 Å². The first-order valence-corrected chi connectivity index (χ1v) is 14.0. The van der Waals surface area contributed by atoms with Crippen LogP contribution in [0.15, 0.2) is 20.0 Å². The minimum absolute atomic E-state index is 0.0437. The number of unbranched alkanes of at least 4 members (excludes halogenated alkanes) is 2. The molecule has 210 valence electrons. The number of hydrogen-bond donors (Lipinski definition) is 6. The molecular formula is C26H56N10. The molecule has 0 saturated heterocycles. The molecule has 10 nitrogen and oxygen atoms in total. The molecule has 36 heavy (non-hydrogen) atoms. The Kier molecular flexibility index (Phi) is 20.2. The summed E-state index contributed by atoms with van der Waals surface area (Å²) in [5, 5.41) is 2.92. The van der Waals surface area contributed by atoms with Crippen LogP contribution in [0.5, 0.6) is 0 Å². The molecule has 1 rings (SSSR count). The number of nitrogens with one attached hydrogen (secondary N) is 1. The van der Waals surface area contributed by atoms with Crippen LogP contribution in [0.1, 0.15) is 111 Å². The molecule has 0 radical (unpaired) electrons. The van der Waals surface area contributed by atoms with Crippen LogP contribution in [-0.2, 0) is 0 Å². The van der Waals surface area contributed by atoms with Crippen LogP contribution >= 0.6 is 0 Å². The van der Waals surface area contributed by atoms with Crippen LogP contribution < -0.4 is 34.0 Å². The summed E-state index contributed by atoms with van der Waals surface area (Å²) in [5.74, 6) is 2.12. The van der Waals surface area contributed by atoms with Gasteiger partial charge in [0.15, 0.2) is 17.9 Å². The fourth-order valence-electron chi connectivity index (χ4n) is 4.06. The van der Waals surface area contributed by atoms with E-state index in [2.05, 4.69) is 53.0 Å². The van der Waals surface area contributed by atoms with E-state index < -0.39 is 0 Å². The van der Waals surface area contributed by atoms with Gasteiger partial charge in [-0.3, -0.25) is 15.3 Å². The van der Waals surface area contributed by atoms with Crippen LogP contribution in [0.25, 0.3) is 0 Å². The van der Waals surface area contributed by atoms with Gasteiger partial charge in [0, 0.05) is 13.1 Å². The molecule has 0 amide bonds. The molecule has 1 fully saturated rings. The number of aliphatic imine (C=N–C) groups is 4. The zero-order valence-electron chi connectivity index (χ0n) is 23.5. The highest BCUT2D eigenvalue weighted by Crippen LogP contribution is 2.20. The van der Waals surface area contributed by atoms with Crippen molar-refractivity contribution in [3.63, 3.8) is 0 Å². The fraction of sp³-hybridized carbons (Fsp3) is 0.846. The number of nitrogens with zero attached hydrogens (tertiary/aromatic N) is 4. The Morgan fingerprint density at radius 1 is 0.750 bits per heavy atom. The second kappa shape index (κ2) is 21.7. The molecule has 0 bridgehead atoms. The topological polar surface area (TPSA) is 192 Å². The first kappa shape index (κ1) is 33.5. The summed E-state index contributed by atoms with van der Waals surface area (Å²) in [5.41, 5.74) is 27.7. The van der Waals surface area contributed by atoms with Crippen LogP contribution in [0.3, 0.4) is 0 Å². The van der Waals surface area contributed by atoms with Crippen LogP contribution in [0.4, 0.5) is 0 Å². The van der Waals surface area contributed by atoms with Crippen LogP contribution in [-0.4, -0.2) is 43.0 Å². The summed E-state index contributed by atoms with van der Waals surface area (Å²) >= 11 is 0. The van der Waals surface area contributed by atoms with Crippen molar-refractivity contribution in [3.8, 4) is 0 Å². The van der Waals surface area contributed by atoms with E-state index >= 15 is 0 Å². The van der Waals surface area contributed by atoms with Crippen molar-refractivity contribution >= 4 is 23.8 Å². The summed E-state index contributed by atoms with van der Waals surface area (Å²) in [6.07, 6.45) is 15.7. The SMILES string of the molecule is CCCCC(CC)CN=C(N)N=C(N)N.CCCCC(CC)CN=C(N)NC(N)=NC1CCCCC1. The lowest BCUT2D eigenvalue weighted by Crippen LogP contribution is -2.42. The third-order valence-electron chi connectivity index (χ3n) is 6.51. The van der Waals surface area contributed by atoms with Gasteiger partial charge in [0.05, 0.1) is 6.04 Å². The number of guanidine groups is 4. The zero-order valence-corrected chi connectivity index (χ0v) is 23.5.